The molecule has 0 atom stereocenters. The van der Waals surface area contributed by atoms with E-state index in [1.165, 1.54) is 0 Å². The molecule has 6 nitrogen and oxygen atoms in total. The highest BCUT2D eigenvalue weighted by Gasteiger charge is 2.29. The summed E-state index contributed by atoms with van der Waals surface area (Å²) in [5, 5.41) is 5.51. The second kappa shape index (κ2) is 6.70. The third-order valence-corrected chi connectivity index (χ3v) is 3.45. The van der Waals surface area contributed by atoms with Crippen LogP contribution in [0.25, 0.3) is 0 Å². The van der Waals surface area contributed by atoms with Gasteiger partial charge in [-0.3, -0.25) is 15.0 Å². The summed E-state index contributed by atoms with van der Waals surface area (Å²) in [6.45, 7) is 6.11. The summed E-state index contributed by atoms with van der Waals surface area (Å²) in [5.41, 5.74) is 0.161. The Morgan fingerprint density at radius 2 is 1.94 bits per heavy atom. The molecule has 104 valence electrons. The number of rotatable bonds is 4. The summed E-state index contributed by atoms with van der Waals surface area (Å²) in [5.74, 6) is -0.304. The van der Waals surface area contributed by atoms with Gasteiger partial charge >= 0.3 is 6.09 Å². The minimum Gasteiger partial charge on any atom is -0.450 e. The molecule has 1 rings (SSSR count). The van der Waals surface area contributed by atoms with Crippen molar-refractivity contribution in [3.05, 3.63) is 0 Å². The third kappa shape index (κ3) is 4.62. The van der Waals surface area contributed by atoms with Gasteiger partial charge in [0.1, 0.15) is 0 Å². The van der Waals surface area contributed by atoms with Crippen LogP contribution in [-0.4, -0.2) is 55.7 Å². The first-order valence-electron chi connectivity index (χ1n) is 6.37. The van der Waals surface area contributed by atoms with Crippen molar-refractivity contribution in [2.45, 2.75) is 32.2 Å². The molecule has 0 bridgehead atoms. The number of nitrogens with one attached hydrogen (secondary N) is 2. The van der Waals surface area contributed by atoms with E-state index in [0.29, 0.717) is 0 Å². The Kier molecular flexibility index (Phi) is 5.55. The highest BCUT2D eigenvalue weighted by Crippen LogP contribution is 2.20. The highest BCUT2D eigenvalue weighted by atomic mass is 16.5. The fourth-order valence-corrected chi connectivity index (χ4v) is 1.98. The van der Waals surface area contributed by atoms with Gasteiger partial charge in [0.2, 0.25) is 5.91 Å². The quantitative estimate of drug-likeness (QED) is 0.759. The zero-order chi connectivity index (χ0) is 13.6. The van der Waals surface area contributed by atoms with Crippen molar-refractivity contribution >= 4 is 12.0 Å². The van der Waals surface area contributed by atoms with Crippen molar-refractivity contribution in [1.82, 2.24) is 15.5 Å². The maximum atomic E-state index is 11.6. The molecule has 0 spiro atoms. The molecule has 1 fully saturated rings. The second-order valence-corrected chi connectivity index (χ2v) is 4.86. The number of nitrogens with zero attached hydrogens (tertiary/aromatic N) is 1. The van der Waals surface area contributed by atoms with Crippen molar-refractivity contribution in [1.29, 1.82) is 0 Å². The summed E-state index contributed by atoms with van der Waals surface area (Å²) in [6.07, 6.45) is 1.33. The molecule has 0 aliphatic carbocycles. The number of piperidine rings is 1. The van der Waals surface area contributed by atoms with Crippen molar-refractivity contribution in [2.75, 3.05) is 33.3 Å². The molecule has 1 aliphatic heterocycles. The van der Waals surface area contributed by atoms with Crippen molar-refractivity contribution in [3.8, 4) is 0 Å². The molecule has 6 heteroatoms. The van der Waals surface area contributed by atoms with Gasteiger partial charge in [-0.1, -0.05) is 0 Å². The Hall–Kier alpha value is -1.14. The van der Waals surface area contributed by atoms with Gasteiger partial charge in [-0.25, -0.2) is 4.79 Å². The molecule has 1 saturated heterocycles. The molecule has 0 aromatic rings. The van der Waals surface area contributed by atoms with Crippen molar-refractivity contribution < 1.29 is 14.3 Å². The number of alkyl carbamates (subject to hydrolysis) is 1. The van der Waals surface area contributed by atoms with Crippen LogP contribution >= 0.6 is 0 Å². The summed E-state index contributed by atoms with van der Waals surface area (Å²) < 4.78 is 4.65. The monoisotopic (exact) mass is 257 g/mol. The van der Waals surface area contributed by atoms with Crippen LogP contribution in [0.15, 0.2) is 0 Å². The highest BCUT2D eigenvalue weighted by molar-refractivity contribution is 5.92. The summed E-state index contributed by atoms with van der Waals surface area (Å²) >= 11 is 0. The second-order valence-electron chi connectivity index (χ2n) is 4.86. The summed E-state index contributed by atoms with van der Waals surface area (Å²) in [4.78, 5) is 24.7. The number of likely N-dealkylation sites (tertiary alicyclic amines) is 1. The largest absolute Gasteiger partial charge is 0.450 e. The Morgan fingerprint density at radius 1 is 1.33 bits per heavy atom. The van der Waals surface area contributed by atoms with E-state index < -0.39 is 6.09 Å². The standard InChI is InChI=1S/C12H23N3O3/c1-4-18-11(17)14-10(16)9-15-7-5-12(2,13-3)6-8-15/h13H,4-9H2,1-3H3,(H,14,16,17). The summed E-state index contributed by atoms with van der Waals surface area (Å²) in [7, 11) is 1.96. The van der Waals surface area contributed by atoms with Crippen molar-refractivity contribution in [3.63, 3.8) is 0 Å². The number of carbonyl (C=O) groups excluding carboxylic acids is 2. The normalized spacial score (nSPS) is 19.3. The molecule has 2 N–H and O–H groups in total. The van der Waals surface area contributed by atoms with Crippen LogP contribution in [-0.2, 0) is 9.53 Å². The number of amides is 2. The summed E-state index contributed by atoms with van der Waals surface area (Å²) in [6, 6.07) is 0. The van der Waals surface area contributed by atoms with Gasteiger partial charge in [-0.2, -0.15) is 0 Å². The number of imide groups is 1. The molecule has 0 aromatic carbocycles. The third-order valence-electron chi connectivity index (χ3n) is 3.45. The SMILES string of the molecule is CCOC(=O)NC(=O)CN1CCC(C)(NC)CC1. The molecule has 0 unspecified atom stereocenters. The van der Waals surface area contributed by atoms with Gasteiger partial charge in [-0.05, 0) is 33.7 Å². The van der Waals surface area contributed by atoms with Crippen LogP contribution in [0.2, 0.25) is 0 Å². The minimum absolute atomic E-state index is 0.161. The predicted octanol–water partition coefficient (Wildman–Crippen LogP) is 0.333. The van der Waals surface area contributed by atoms with Crippen LogP contribution < -0.4 is 10.6 Å². The average Bonchev–Trinajstić information content (AvgIpc) is 2.32. The van der Waals surface area contributed by atoms with Gasteiger partial charge in [-0.15, -0.1) is 0 Å². The smallest absolute Gasteiger partial charge is 0.413 e. The van der Waals surface area contributed by atoms with E-state index in [0.717, 1.165) is 25.9 Å². The minimum atomic E-state index is -0.667. The first kappa shape index (κ1) is 14.9. The van der Waals surface area contributed by atoms with Gasteiger partial charge < -0.3 is 10.1 Å². The lowest BCUT2D eigenvalue weighted by molar-refractivity contribution is -0.122. The van der Waals surface area contributed by atoms with E-state index in [1.54, 1.807) is 6.92 Å². The molecule has 2 amide bonds. The molecule has 1 heterocycles. The zero-order valence-corrected chi connectivity index (χ0v) is 11.4. The molecule has 18 heavy (non-hydrogen) atoms. The average molecular weight is 257 g/mol. The number of hydrogen-bond acceptors (Lipinski definition) is 5. The molecule has 0 aromatic heterocycles. The fraction of sp³-hybridized carbons (Fsp3) is 0.833. The molecular formula is C12H23N3O3. The van der Waals surface area contributed by atoms with E-state index in [-0.39, 0.29) is 24.6 Å². The lowest BCUT2D eigenvalue weighted by atomic mass is 9.90. The van der Waals surface area contributed by atoms with E-state index >= 15 is 0 Å². The zero-order valence-electron chi connectivity index (χ0n) is 11.4. The number of ether oxygens (including phenoxy) is 1. The van der Waals surface area contributed by atoms with Gasteiger partial charge in [0, 0.05) is 18.6 Å². The van der Waals surface area contributed by atoms with Gasteiger partial charge in [0.25, 0.3) is 0 Å². The number of carbonyl (C=O) groups is 2. The Morgan fingerprint density at radius 3 is 2.44 bits per heavy atom. The van der Waals surface area contributed by atoms with Gasteiger partial charge in [0.05, 0.1) is 13.2 Å². The molecule has 0 radical (unpaired) electrons. The maximum absolute atomic E-state index is 11.6. The molecule has 0 saturated carbocycles. The van der Waals surface area contributed by atoms with Crippen molar-refractivity contribution in [2.24, 2.45) is 0 Å². The topological polar surface area (TPSA) is 70.7 Å². The van der Waals surface area contributed by atoms with Crippen LogP contribution in [0.4, 0.5) is 4.79 Å². The lowest BCUT2D eigenvalue weighted by Gasteiger charge is -2.38. The van der Waals surface area contributed by atoms with Crippen LogP contribution in [0.1, 0.15) is 26.7 Å². The Bertz CT molecular complexity index is 299. The predicted molar refractivity (Wildman–Crippen MR) is 68.3 cm³/mol. The molecule has 1 aliphatic rings. The van der Waals surface area contributed by atoms with E-state index in [2.05, 4.69) is 22.3 Å². The van der Waals surface area contributed by atoms with Gasteiger partial charge in [0.15, 0.2) is 0 Å². The Balaban J connectivity index is 2.28. The van der Waals surface area contributed by atoms with E-state index in [1.807, 2.05) is 11.9 Å². The van der Waals surface area contributed by atoms with Crippen LogP contribution in [0, 0.1) is 0 Å². The number of hydrogen-bond donors (Lipinski definition) is 2. The Labute approximate surface area is 108 Å². The fourth-order valence-electron chi connectivity index (χ4n) is 1.98. The lowest BCUT2D eigenvalue weighted by Crippen LogP contribution is -2.52. The van der Waals surface area contributed by atoms with Crippen LogP contribution in [0.5, 0.6) is 0 Å². The van der Waals surface area contributed by atoms with E-state index in [9.17, 15) is 9.59 Å². The first-order chi connectivity index (χ1) is 8.49. The molecular weight excluding hydrogens is 234 g/mol. The van der Waals surface area contributed by atoms with Crippen LogP contribution in [0.3, 0.4) is 0 Å². The maximum Gasteiger partial charge on any atom is 0.413 e. The van der Waals surface area contributed by atoms with E-state index in [4.69, 9.17) is 0 Å². The first-order valence-corrected chi connectivity index (χ1v) is 6.37.